The first kappa shape index (κ1) is 14.5. The molecule has 6 nitrogen and oxygen atoms in total. The number of nitrogens with zero attached hydrogens (tertiary/aromatic N) is 3. The molecule has 0 saturated carbocycles. The van der Waals surface area contributed by atoms with E-state index in [1.807, 2.05) is 31.1 Å². The molecule has 1 amide bonds. The van der Waals surface area contributed by atoms with E-state index in [1.165, 1.54) is 0 Å². The van der Waals surface area contributed by atoms with Gasteiger partial charge in [-0.2, -0.15) is 0 Å². The summed E-state index contributed by atoms with van der Waals surface area (Å²) in [5, 5.41) is 3.36. The van der Waals surface area contributed by atoms with Gasteiger partial charge in [0.1, 0.15) is 11.4 Å². The zero-order chi connectivity index (χ0) is 14.9. The van der Waals surface area contributed by atoms with Crippen molar-refractivity contribution < 1.29 is 9.53 Å². The summed E-state index contributed by atoms with van der Waals surface area (Å²) in [4.78, 5) is 19.0. The van der Waals surface area contributed by atoms with Crippen LogP contribution in [0.15, 0.2) is 12.4 Å². The van der Waals surface area contributed by atoms with Gasteiger partial charge in [0.05, 0.1) is 6.54 Å². The van der Waals surface area contributed by atoms with Crippen molar-refractivity contribution in [2.75, 3.05) is 26.2 Å². The summed E-state index contributed by atoms with van der Waals surface area (Å²) in [5.74, 6) is 1.07. The van der Waals surface area contributed by atoms with E-state index in [4.69, 9.17) is 4.74 Å². The van der Waals surface area contributed by atoms with Gasteiger partial charge in [0.25, 0.3) is 5.91 Å². The second-order valence-corrected chi connectivity index (χ2v) is 5.76. The number of nitrogens with one attached hydrogen (secondary N) is 1. The van der Waals surface area contributed by atoms with Crippen LogP contribution in [-0.4, -0.2) is 52.6 Å². The average molecular weight is 292 g/mol. The Hall–Kier alpha value is -1.40. The summed E-state index contributed by atoms with van der Waals surface area (Å²) in [7, 11) is 0. The van der Waals surface area contributed by atoms with E-state index in [2.05, 4.69) is 14.9 Å². The van der Waals surface area contributed by atoms with E-state index in [1.54, 1.807) is 0 Å². The lowest BCUT2D eigenvalue weighted by molar-refractivity contribution is -0.176. The quantitative estimate of drug-likeness (QED) is 0.892. The zero-order valence-corrected chi connectivity index (χ0v) is 12.8. The van der Waals surface area contributed by atoms with Crippen LogP contribution in [-0.2, 0) is 21.7 Å². The number of imidazole rings is 1. The molecule has 0 aromatic carbocycles. The molecule has 21 heavy (non-hydrogen) atoms. The molecule has 1 atom stereocenters. The van der Waals surface area contributed by atoms with Crippen LogP contribution < -0.4 is 5.32 Å². The number of rotatable bonds is 3. The van der Waals surface area contributed by atoms with Crippen molar-refractivity contribution in [3.8, 4) is 0 Å². The van der Waals surface area contributed by atoms with Gasteiger partial charge >= 0.3 is 0 Å². The lowest BCUT2D eigenvalue weighted by Crippen LogP contribution is -2.54. The van der Waals surface area contributed by atoms with Crippen LogP contribution >= 0.6 is 0 Å². The Balaban J connectivity index is 1.89. The van der Waals surface area contributed by atoms with Gasteiger partial charge in [-0.3, -0.25) is 4.79 Å². The monoisotopic (exact) mass is 292 g/mol. The molecule has 3 rings (SSSR count). The molecule has 116 valence electrons. The molecule has 2 aliphatic heterocycles. The van der Waals surface area contributed by atoms with Crippen LogP contribution in [0.25, 0.3) is 0 Å². The number of carbonyl (C=O) groups excluding carboxylic acids is 1. The number of carbonyl (C=O) groups is 1. The zero-order valence-electron chi connectivity index (χ0n) is 12.8. The molecular weight excluding hydrogens is 268 g/mol. The Morgan fingerprint density at radius 3 is 2.86 bits per heavy atom. The molecule has 2 aliphatic rings. The molecule has 1 fully saturated rings. The first-order chi connectivity index (χ1) is 10.2. The summed E-state index contributed by atoms with van der Waals surface area (Å²) in [6, 6.07) is 0. The summed E-state index contributed by atoms with van der Waals surface area (Å²) < 4.78 is 8.43. The number of fused-ring (bicyclic) bond motifs is 2. The van der Waals surface area contributed by atoms with Gasteiger partial charge in [-0.05, 0) is 39.8 Å². The van der Waals surface area contributed by atoms with Crippen LogP contribution in [0.5, 0.6) is 0 Å². The molecule has 0 bridgehead atoms. The van der Waals surface area contributed by atoms with Gasteiger partial charge in [0, 0.05) is 25.5 Å². The van der Waals surface area contributed by atoms with E-state index >= 15 is 0 Å². The largest absolute Gasteiger partial charge is 0.352 e. The third-order valence-corrected chi connectivity index (χ3v) is 4.62. The summed E-state index contributed by atoms with van der Waals surface area (Å²) in [5.41, 5.74) is -0.402. The molecule has 1 aromatic rings. The maximum absolute atomic E-state index is 12.7. The van der Waals surface area contributed by atoms with Crippen LogP contribution in [0.1, 0.15) is 32.5 Å². The fraction of sp³-hybridized carbons (Fsp3) is 0.733. The van der Waals surface area contributed by atoms with E-state index in [-0.39, 0.29) is 5.91 Å². The van der Waals surface area contributed by atoms with Crippen molar-refractivity contribution >= 4 is 5.91 Å². The molecule has 6 heteroatoms. The average Bonchev–Trinajstić information content (AvgIpc) is 2.98. The number of aromatic nitrogens is 2. The van der Waals surface area contributed by atoms with E-state index < -0.39 is 11.7 Å². The predicted molar refractivity (Wildman–Crippen MR) is 78.8 cm³/mol. The van der Waals surface area contributed by atoms with Gasteiger partial charge in [-0.1, -0.05) is 0 Å². The van der Waals surface area contributed by atoms with E-state index in [9.17, 15) is 4.79 Å². The SMILES string of the molecule is CCN(CC)C(=O)[C@@H]1Cn2ccnc2C2(CCNCC2)O1. The van der Waals surface area contributed by atoms with E-state index in [0.29, 0.717) is 6.54 Å². The van der Waals surface area contributed by atoms with Crippen molar-refractivity contribution in [2.24, 2.45) is 0 Å². The number of likely N-dealkylation sites (N-methyl/N-ethyl adjacent to an activating group) is 1. The molecule has 1 aromatic heterocycles. The molecule has 0 radical (unpaired) electrons. The van der Waals surface area contributed by atoms with Crippen LogP contribution in [0, 0.1) is 0 Å². The lowest BCUT2D eigenvalue weighted by atomic mass is 9.89. The minimum atomic E-state index is -0.402. The first-order valence-electron chi connectivity index (χ1n) is 7.89. The Bertz CT molecular complexity index is 504. The highest BCUT2D eigenvalue weighted by atomic mass is 16.5. The molecule has 0 unspecified atom stereocenters. The van der Waals surface area contributed by atoms with Gasteiger partial charge in [0.2, 0.25) is 0 Å². The second-order valence-electron chi connectivity index (χ2n) is 5.76. The Morgan fingerprint density at radius 1 is 1.48 bits per heavy atom. The van der Waals surface area contributed by atoms with Crippen LogP contribution in [0.4, 0.5) is 0 Å². The maximum atomic E-state index is 12.7. The predicted octanol–water partition coefficient (Wildman–Crippen LogP) is 0.729. The standard InChI is InChI=1S/C15H24N4O2/c1-3-18(4-2)13(20)12-11-19-10-9-17-14(19)15(21-12)5-7-16-8-6-15/h9-10,12,16H,3-8,11H2,1-2H3/t12-/m0/s1. The fourth-order valence-electron chi connectivity index (χ4n) is 3.44. The minimum absolute atomic E-state index is 0.0947. The summed E-state index contributed by atoms with van der Waals surface area (Å²) in [6.45, 7) is 7.83. The number of piperidine rings is 1. The van der Waals surface area contributed by atoms with Crippen LogP contribution in [0.2, 0.25) is 0 Å². The molecule has 1 saturated heterocycles. The summed E-state index contributed by atoms with van der Waals surface area (Å²) >= 11 is 0. The van der Waals surface area contributed by atoms with Gasteiger partial charge in [-0.15, -0.1) is 0 Å². The normalized spacial score (nSPS) is 23.8. The number of amides is 1. The van der Waals surface area contributed by atoms with Crippen molar-refractivity contribution in [1.82, 2.24) is 19.8 Å². The third-order valence-electron chi connectivity index (χ3n) is 4.62. The highest BCUT2D eigenvalue weighted by Gasteiger charge is 2.46. The molecule has 1 spiro atoms. The Kier molecular flexibility index (Phi) is 3.99. The van der Waals surface area contributed by atoms with Crippen molar-refractivity contribution in [2.45, 2.75) is 44.9 Å². The first-order valence-corrected chi connectivity index (χ1v) is 7.89. The second kappa shape index (κ2) is 5.77. The molecular formula is C15H24N4O2. The Labute approximate surface area is 125 Å². The Morgan fingerprint density at radius 2 is 2.19 bits per heavy atom. The lowest BCUT2D eigenvalue weighted by Gasteiger charge is -2.43. The highest BCUT2D eigenvalue weighted by molar-refractivity contribution is 5.81. The smallest absolute Gasteiger partial charge is 0.253 e. The van der Waals surface area contributed by atoms with Gasteiger partial charge in [-0.25, -0.2) is 4.98 Å². The number of hydrogen-bond donors (Lipinski definition) is 1. The molecule has 1 N–H and O–H groups in total. The van der Waals surface area contributed by atoms with Crippen molar-refractivity contribution in [3.05, 3.63) is 18.2 Å². The van der Waals surface area contributed by atoms with Gasteiger partial charge in [0.15, 0.2) is 6.10 Å². The fourth-order valence-corrected chi connectivity index (χ4v) is 3.44. The van der Waals surface area contributed by atoms with E-state index in [0.717, 1.165) is 44.8 Å². The van der Waals surface area contributed by atoms with Crippen molar-refractivity contribution in [1.29, 1.82) is 0 Å². The number of hydrogen-bond acceptors (Lipinski definition) is 4. The van der Waals surface area contributed by atoms with Crippen LogP contribution in [0.3, 0.4) is 0 Å². The molecule has 3 heterocycles. The topological polar surface area (TPSA) is 59.4 Å². The van der Waals surface area contributed by atoms with Crippen molar-refractivity contribution in [3.63, 3.8) is 0 Å². The molecule has 0 aliphatic carbocycles. The minimum Gasteiger partial charge on any atom is -0.352 e. The summed E-state index contributed by atoms with van der Waals surface area (Å²) in [6.07, 6.45) is 5.11. The third kappa shape index (κ3) is 2.46. The maximum Gasteiger partial charge on any atom is 0.253 e. The van der Waals surface area contributed by atoms with Gasteiger partial charge < -0.3 is 19.5 Å². The highest BCUT2D eigenvalue weighted by Crippen LogP contribution is 2.38. The number of ether oxygens (including phenoxy) is 1.